The molecule has 28 heavy (non-hydrogen) atoms. The lowest BCUT2D eigenvalue weighted by Crippen LogP contribution is -2.44. The number of hydrogen-bond acceptors (Lipinski definition) is 5. The van der Waals surface area contributed by atoms with Crippen molar-refractivity contribution in [2.45, 2.75) is 39.0 Å². The maximum Gasteiger partial charge on any atom is 0.142 e. The van der Waals surface area contributed by atoms with Gasteiger partial charge in [0.05, 0.1) is 25.5 Å². The highest BCUT2D eigenvalue weighted by atomic mass is 127. The molecule has 0 radical (unpaired) electrons. The van der Waals surface area contributed by atoms with Gasteiger partial charge in [-0.2, -0.15) is 0 Å². The molecule has 1 aliphatic rings. The second-order valence-corrected chi connectivity index (χ2v) is 8.78. The molecule has 0 spiro atoms. The number of hydrogen-bond donors (Lipinski definition) is 0. The number of methoxy groups -OCH3 is 2. The molecule has 1 atom stereocenters. The zero-order valence-corrected chi connectivity index (χ0v) is 19.3. The van der Waals surface area contributed by atoms with Gasteiger partial charge in [-0.15, -0.1) is 0 Å². The molecule has 0 bridgehead atoms. The van der Waals surface area contributed by atoms with Crippen LogP contribution >= 0.6 is 22.9 Å². The van der Waals surface area contributed by atoms with Crippen LogP contribution in [0.3, 0.4) is 0 Å². The van der Waals surface area contributed by atoms with Crippen molar-refractivity contribution in [3.05, 3.63) is 58.9 Å². The topological polar surface area (TPSA) is 37.8 Å². The van der Waals surface area contributed by atoms with Gasteiger partial charge in [-0.25, -0.2) is 3.11 Å². The van der Waals surface area contributed by atoms with Crippen LogP contribution in [0.5, 0.6) is 5.75 Å². The second-order valence-electron chi connectivity index (χ2n) is 7.54. The number of rotatable bonds is 7. The number of nitrogens with zero attached hydrogens (tertiary/aromatic N) is 3. The Morgan fingerprint density at radius 3 is 2.64 bits per heavy atom. The summed E-state index contributed by atoms with van der Waals surface area (Å²) in [5.74, 6) is 1.31. The van der Waals surface area contributed by atoms with E-state index < -0.39 is 0 Å². The molecular formula is C22H30IN3O2. The van der Waals surface area contributed by atoms with Gasteiger partial charge in [-0.3, -0.25) is 9.88 Å². The smallest absolute Gasteiger partial charge is 0.142 e. The third-order valence-corrected chi connectivity index (χ3v) is 6.41. The first-order valence-corrected chi connectivity index (χ1v) is 10.7. The van der Waals surface area contributed by atoms with Crippen LogP contribution < -0.4 is 4.74 Å². The Morgan fingerprint density at radius 2 is 1.93 bits per heavy atom. The summed E-state index contributed by atoms with van der Waals surface area (Å²) in [6.45, 7) is 8.93. The van der Waals surface area contributed by atoms with Gasteiger partial charge < -0.3 is 9.47 Å². The number of piperazine rings is 1. The van der Waals surface area contributed by atoms with Crippen LogP contribution in [0.25, 0.3) is 0 Å². The molecule has 0 amide bonds. The van der Waals surface area contributed by atoms with E-state index in [1.165, 1.54) is 11.1 Å². The largest absolute Gasteiger partial charge is 0.495 e. The van der Waals surface area contributed by atoms with Gasteiger partial charge in [0, 0.05) is 56.2 Å². The van der Waals surface area contributed by atoms with Crippen LogP contribution in [-0.4, -0.2) is 46.9 Å². The molecule has 0 saturated carbocycles. The summed E-state index contributed by atoms with van der Waals surface area (Å²) in [5.41, 5.74) is 4.81. The van der Waals surface area contributed by atoms with Crippen LogP contribution in [0.2, 0.25) is 0 Å². The Kier molecular flexibility index (Phi) is 7.68. The van der Waals surface area contributed by atoms with Crippen LogP contribution in [0.15, 0.2) is 36.4 Å². The van der Waals surface area contributed by atoms with Gasteiger partial charge in [-0.1, -0.05) is 38.1 Å². The first-order chi connectivity index (χ1) is 13.5. The van der Waals surface area contributed by atoms with E-state index in [0.717, 1.165) is 43.3 Å². The maximum atomic E-state index is 5.40. The Balaban J connectivity index is 1.77. The SMILES string of the molecule is COCc1nc(CN2CCN(I)C(c3ccccc3C(C)C)C2)ccc1OC. The van der Waals surface area contributed by atoms with Crippen molar-refractivity contribution < 1.29 is 9.47 Å². The molecule has 1 aromatic carbocycles. The van der Waals surface area contributed by atoms with Crippen molar-refractivity contribution in [2.24, 2.45) is 0 Å². The van der Waals surface area contributed by atoms with Gasteiger partial charge in [0.15, 0.2) is 0 Å². The first kappa shape index (κ1) is 21.5. The van der Waals surface area contributed by atoms with E-state index in [1.54, 1.807) is 14.2 Å². The zero-order chi connectivity index (χ0) is 20.1. The second kappa shape index (κ2) is 10.0. The predicted molar refractivity (Wildman–Crippen MR) is 121 cm³/mol. The third kappa shape index (κ3) is 5.03. The Bertz CT molecular complexity index is 784. The minimum atomic E-state index is 0.393. The van der Waals surface area contributed by atoms with Gasteiger partial charge in [0.1, 0.15) is 11.4 Å². The molecule has 6 heteroatoms. The Labute approximate surface area is 182 Å². The monoisotopic (exact) mass is 495 g/mol. The van der Waals surface area contributed by atoms with E-state index in [0.29, 0.717) is 18.6 Å². The van der Waals surface area contributed by atoms with Crippen molar-refractivity contribution in [3.63, 3.8) is 0 Å². The summed E-state index contributed by atoms with van der Waals surface area (Å²) in [4.78, 5) is 7.29. The van der Waals surface area contributed by atoms with Crippen molar-refractivity contribution in [1.82, 2.24) is 13.0 Å². The quantitative estimate of drug-likeness (QED) is 0.416. The van der Waals surface area contributed by atoms with E-state index in [9.17, 15) is 0 Å². The fourth-order valence-corrected chi connectivity index (χ4v) is 4.52. The molecule has 1 aliphatic heterocycles. The average molecular weight is 495 g/mol. The Hall–Kier alpha value is -1.22. The summed E-state index contributed by atoms with van der Waals surface area (Å²) < 4.78 is 13.1. The van der Waals surface area contributed by atoms with Crippen molar-refractivity contribution in [3.8, 4) is 5.75 Å². The van der Waals surface area contributed by atoms with Gasteiger partial charge in [0.25, 0.3) is 0 Å². The predicted octanol–water partition coefficient (Wildman–Crippen LogP) is 4.57. The van der Waals surface area contributed by atoms with E-state index in [2.05, 4.69) is 75.1 Å². The standard InChI is InChI=1S/C22H30IN3O2/c1-16(2)18-7-5-6-8-19(18)21-14-25(11-12-26(21)23)13-17-9-10-22(28-4)20(24-17)15-27-3/h5-10,16,21H,11-15H2,1-4H3. The summed E-state index contributed by atoms with van der Waals surface area (Å²) in [7, 11) is 3.36. The van der Waals surface area contributed by atoms with Gasteiger partial charge in [0.2, 0.25) is 0 Å². The highest BCUT2D eigenvalue weighted by Gasteiger charge is 2.29. The molecule has 1 fully saturated rings. The van der Waals surface area contributed by atoms with Crippen molar-refractivity contribution in [1.29, 1.82) is 0 Å². The van der Waals surface area contributed by atoms with Crippen LogP contribution in [-0.2, 0) is 17.9 Å². The highest BCUT2D eigenvalue weighted by Crippen LogP contribution is 2.34. The van der Waals surface area contributed by atoms with Gasteiger partial charge in [-0.05, 0) is 29.2 Å². The summed E-state index contributed by atoms with van der Waals surface area (Å²) in [6.07, 6.45) is 0. The van der Waals surface area contributed by atoms with E-state index >= 15 is 0 Å². The number of pyridine rings is 1. The number of ether oxygens (including phenoxy) is 2. The Morgan fingerprint density at radius 1 is 1.14 bits per heavy atom. The molecule has 1 aromatic heterocycles. The van der Waals surface area contributed by atoms with Crippen LogP contribution in [0, 0.1) is 0 Å². The van der Waals surface area contributed by atoms with E-state index in [-0.39, 0.29) is 0 Å². The van der Waals surface area contributed by atoms with Crippen molar-refractivity contribution >= 4 is 22.9 Å². The third-order valence-electron chi connectivity index (χ3n) is 5.25. The minimum Gasteiger partial charge on any atom is -0.495 e. The minimum absolute atomic E-state index is 0.393. The highest BCUT2D eigenvalue weighted by molar-refractivity contribution is 14.1. The molecule has 1 unspecified atom stereocenters. The van der Waals surface area contributed by atoms with Crippen LogP contribution in [0.4, 0.5) is 0 Å². The maximum absolute atomic E-state index is 5.40. The fraction of sp³-hybridized carbons (Fsp3) is 0.500. The van der Waals surface area contributed by atoms with E-state index in [1.807, 2.05) is 6.07 Å². The molecule has 2 heterocycles. The normalized spacial score (nSPS) is 18.6. The summed E-state index contributed by atoms with van der Waals surface area (Å²) in [6, 6.07) is 13.3. The molecule has 3 rings (SSSR count). The lowest BCUT2D eigenvalue weighted by atomic mass is 9.92. The van der Waals surface area contributed by atoms with E-state index in [4.69, 9.17) is 14.5 Å². The first-order valence-electron chi connectivity index (χ1n) is 9.78. The molecule has 0 N–H and O–H groups in total. The number of aromatic nitrogens is 1. The average Bonchev–Trinajstić information content (AvgIpc) is 2.70. The molecule has 5 nitrogen and oxygen atoms in total. The zero-order valence-electron chi connectivity index (χ0n) is 17.2. The molecule has 152 valence electrons. The molecular weight excluding hydrogens is 465 g/mol. The van der Waals surface area contributed by atoms with Crippen molar-refractivity contribution in [2.75, 3.05) is 33.9 Å². The number of benzene rings is 1. The lowest BCUT2D eigenvalue weighted by Gasteiger charge is -2.39. The van der Waals surface area contributed by atoms with Crippen LogP contribution in [0.1, 0.15) is 48.3 Å². The molecule has 1 saturated heterocycles. The lowest BCUT2D eigenvalue weighted by molar-refractivity contribution is 0.146. The fourth-order valence-electron chi connectivity index (χ4n) is 3.83. The summed E-state index contributed by atoms with van der Waals surface area (Å²) >= 11 is 2.49. The molecule has 2 aromatic rings. The molecule has 0 aliphatic carbocycles. The summed E-state index contributed by atoms with van der Waals surface area (Å²) in [5, 5.41) is 0. The number of halogens is 1. The van der Waals surface area contributed by atoms with Gasteiger partial charge >= 0.3 is 0 Å².